The van der Waals surface area contributed by atoms with Crippen LogP contribution in [0.5, 0.6) is 0 Å². The summed E-state index contributed by atoms with van der Waals surface area (Å²) in [6.45, 7) is 5.18. The molecule has 132 valence electrons. The maximum Gasteiger partial charge on any atom is 0.361 e. The Balaban J connectivity index is 2.69. The highest BCUT2D eigenvalue weighted by Crippen LogP contribution is 2.53. The number of rotatable bonds is 10. The van der Waals surface area contributed by atoms with E-state index < -0.39 is 25.6 Å². The number of anilines is 1. The van der Waals surface area contributed by atoms with Gasteiger partial charge in [-0.3, -0.25) is 4.57 Å². The molecule has 0 saturated heterocycles. The number of hydrogen-bond donors (Lipinski definition) is 4. The number of hydrogen-bond acceptors (Lipinski definition) is 7. The molecular formula is C15H26NO6P. The molecule has 23 heavy (non-hydrogen) atoms. The van der Waals surface area contributed by atoms with Crippen molar-refractivity contribution >= 4 is 13.3 Å². The highest BCUT2D eigenvalue weighted by molar-refractivity contribution is 7.54. The second kappa shape index (κ2) is 9.37. The quantitative estimate of drug-likeness (QED) is 0.477. The van der Waals surface area contributed by atoms with Crippen molar-refractivity contribution in [1.29, 1.82) is 0 Å². The van der Waals surface area contributed by atoms with Gasteiger partial charge in [-0.1, -0.05) is 18.2 Å². The molecule has 0 aliphatic heterocycles. The van der Waals surface area contributed by atoms with Gasteiger partial charge in [0.05, 0.1) is 13.2 Å². The SMILES string of the molecule is CCOP(=O)(OCC)[C@@H](O)[C@@H](O)[C@@H](O)CNc1ccccc1C. The minimum absolute atomic E-state index is 0.0265. The molecule has 0 aromatic heterocycles. The van der Waals surface area contributed by atoms with Crippen LogP contribution in [-0.2, 0) is 13.6 Å². The molecule has 0 saturated carbocycles. The molecule has 0 radical (unpaired) electrons. The van der Waals surface area contributed by atoms with Crippen molar-refractivity contribution < 1.29 is 28.9 Å². The van der Waals surface area contributed by atoms with Crippen LogP contribution in [0.1, 0.15) is 19.4 Å². The highest BCUT2D eigenvalue weighted by Gasteiger charge is 2.42. The van der Waals surface area contributed by atoms with Crippen LogP contribution in [0.3, 0.4) is 0 Å². The van der Waals surface area contributed by atoms with Gasteiger partial charge in [0.2, 0.25) is 0 Å². The van der Waals surface area contributed by atoms with E-state index in [1.807, 2.05) is 31.2 Å². The van der Waals surface area contributed by atoms with Crippen molar-refractivity contribution in [1.82, 2.24) is 0 Å². The van der Waals surface area contributed by atoms with E-state index in [1.165, 1.54) is 0 Å². The monoisotopic (exact) mass is 347 g/mol. The third-order valence-corrected chi connectivity index (χ3v) is 5.48. The Hall–Kier alpha value is -0.950. The van der Waals surface area contributed by atoms with Crippen LogP contribution >= 0.6 is 7.60 Å². The zero-order valence-corrected chi connectivity index (χ0v) is 14.6. The Labute approximate surface area is 136 Å². The predicted molar refractivity (Wildman–Crippen MR) is 88.5 cm³/mol. The van der Waals surface area contributed by atoms with Crippen molar-refractivity contribution in [3.8, 4) is 0 Å². The minimum Gasteiger partial charge on any atom is -0.388 e. The van der Waals surface area contributed by atoms with Crippen LogP contribution in [0.2, 0.25) is 0 Å². The van der Waals surface area contributed by atoms with Gasteiger partial charge in [0.15, 0.2) is 5.85 Å². The first-order valence-electron chi connectivity index (χ1n) is 7.58. The first kappa shape index (κ1) is 20.1. The second-order valence-corrected chi connectivity index (χ2v) is 7.17. The molecule has 7 nitrogen and oxygen atoms in total. The fraction of sp³-hybridized carbons (Fsp3) is 0.600. The average Bonchev–Trinajstić information content (AvgIpc) is 2.52. The van der Waals surface area contributed by atoms with E-state index in [2.05, 4.69) is 5.32 Å². The zero-order chi connectivity index (χ0) is 17.5. The minimum atomic E-state index is -3.91. The van der Waals surface area contributed by atoms with Crippen LogP contribution in [0.15, 0.2) is 24.3 Å². The maximum absolute atomic E-state index is 12.4. The van der Waals surface area contributed by atoms with Gasteiger partial charge in [0, 0.05) is 12.2 Å². The molecule has 0 aliphatic carbocycles. The largest absolute Gasteiger partial charge is 0.388 e. The Morgan fingerprint density at radius 2 is 1.70 bits per heavy atom. The highest BCUT2D eigenvalue weighted by atomic mass is 31.2. The van der Waals surface area contributed by atoms with Crippen molar-refractivity contribution in [2.24, 2.45) is 0 Å². The van der Waals surface area contributed by atoms with E-state index >= 15 is 0 Å². The lowest BCUT2D eigenvalue weighted by molar-refractivity contribution is -0.0348. The zero-order valence-electron chi connectivity index (χ0n) is 13.7. The fourth-order valence-corrected chi connectivity index (χ4v) is 3.71. The van der Waals surface area contributed by atoms with Gasteiger partial charge < -0.3 is 29.7 Å². The molecule has 8 heteroatoms. The van der Waals surface area contributed by atoms with Crippen LogP contribution in [-0.4, -0.2) is 53.1 Å². The molecule has 1 aromatic rings. The van der Waals surface area contributed by atoms with Gasteiger partial charge in [0.1, 0.15) is 12.2 Å². The molecule has 0 spiro atoms. The maximum atomic E-state index is 12.4. The Bertz CT molecular complexity index is 516. The van der Waals surface area contributed by atoms with Gasteiger partial charge in [-0.25, -0.2) is 0 Å². The molecule has 1 rings (SSSR count). The first-order valence-corrected chi connectivity index (χ1v) is 9.19. The smallest absolute Gasteiger partial charge is 0.361 e. The Morgan fingerprint density at radius 1 is 1.13 bits per heavy atom. The summed E-state index contributed by atoms with van der Waals surface area (Å²) in [5.74, 6) is -1.82. The van der Waals surface area contributed by atoms with Gasteiger partial charge in [-0.05, 0) is 32.4 Å². The summed E-state index contributed by atoms with van der Waals surface area (Å²) in [6, 6.07) is 7.45. The summed E-state index contributed by atoms with van der Waals surface area (Å²) < 4.78 is 22.4. The van der Waals surface area contributed by atoms with E-state index in [9.17, 15) is 19.9 Å². The molecule has 0 bridgehead atoms. The van der Waals surface area contributed by atoms with E-state index in [0.717, 1.165) is 11.3 Å². The van der Waals surface area contributed by atoms with Crippen LogP contribution in [0.4, 0.5) is 5.69 Å². The molecule has 4 N–H and O–H groups in total. The van der Waals surface area contributed by atoms with Gasteiger partial charge in [0.25, 0.3) is 0 Å². The summed E-state index contributed by atoms with van der Waals surface area (Å²) in [7, 11) is -3.91. The number of aryl methyl sites for hydroxylation is 1. The predicted octanol–water partition coefficient (Wildman–Crippen LogP) is 1.71. The standard InChI is InChI=1S/C15H26NO6P/c1-4-21-23(20,22-5-2)15(19)14(18)13(17)10-16-12-9-7-6-8-11(12)3/h6-9,13-19H,4-5,10H2,1-3H3/t13-,14-,15+/m0/s1. The number of aliphatic hydroxyl groups is 3. The molecule has 1 aromatic carbocycles. The summed E-state index contributed by atoms with van der Waals surface area (Å²) in [4.78, 5) is 0. The third kappa shape index (κ3) is 5.57. The van der Waals surface area contributed by atoms with Crippen molar-refractivity contribution in [2.75, 3.05) is 25.1 Å². The molecule has 0 unspecified atom stereocenters. The molecule has 0 amide bonds. The topological polar surface area (TPSA) is 108 Å². The van der Waals surface area contributed by atoms with Crippen molar-refractivity contribution in [3.63, 3.8) is 0 Å². The van der Waals surface area contributed by atoms with Crippen LogP contribution in [0.25, 0.3) is 0 Å². The summed E-state index contributed by atoms with van der Waals surface area (Å²) >= 11 is 0. The molecular weight excluding hydrogens is 321 g/mol. The summed E-state index contributed by atoms with van der Waals surface area (Å²) in [5, 5.41) is 33.1. The first-order chi connectivity index (χ1) is 10.9. The molecule has 0 aliphatic rings. The molecule has 0 fully saturated rings. The third-order valence-electron chi connectivity index (χ3n) is 3.29. The second-order valence-electron chi connectivity index (χ2n) is 5.04. The number of nitrogens with one attached hydrogen (secondary N) is 1. The molecule has 0 heterocycles. The van der Waals surface area contributed by atoms with E-state index in [4.69, 9.17) is 9.05 Å². The van der Waals surface area contributed by atoms with E-state index in [-0.39, 0.29) is 19.8 Å². The lowest BCUT2D eigenvalue weighted by Gasteiger charge is -2.28. The van der Waals surface area contributed by atoms with Crippen molar-refractivity contribution in [3.05, 3.63) is 29.8 Å². The van der Waals surface area contributed by atoms with Crippen LogP contribution < -0.4 is 5.32 Å². The van der Waals surface area contributed by atoms with Crippen molar-refractivity contribution in [2.45, 2.75) is 38.8 Å². The molecule has 3 atom stereocenters. The summed E-state index contributed by atoms with van der Waals surface area (Å²) in [6.07, 6.45) is -3.02. The Morgan fingerprint density at radius 3 is 2.22 bits per heavy atom. The normalized spacial score (nSPS) is 15.9. The van der Waals surface area contributed by atoms with Gasteiger partial charge in [-0.15, -0.1) is 0 Å². The number of aliphatic hydroxyl groups excluding tert-OH is 3. The Kier molecular flexibility index (Phi) is 8.19. The van der Waals surface area contributed by atoms with Gasteiger partial charge in [-0.2, -0.15) is 0 Å². The van der Waals surface area contributed by atoms with Gasteiger partial charge >= 0.3 is 7.60 Å². The fourth-order valence-electron chi connectivity index (χ4n) is 2.04. The van der Waals surface area contributed by atoms with E-state index in [0.29, 0.717) is 0 Å². The van der Waals surface area contributed by atoms with Crippen LogP contribution in [0, 0.1) is 6.92 Å². The average molecular weight is 347 g/mol. The lowest BCUT2D eigenvalue weighted by Crippen LogP contribution is -2.41. The summed E-state index contributed by atoms with van der Waals surface area (Å²) in [5.41, 5.74) is 1.77. The number of para-hydroxylation sites is 1. The number of benzene rings is 1. The lowest BCUT2D eigenvalue weighted by atomic mass is 10.1. The van der Waals surface area contributed by atoms with E-state index in [1.54, 1.807) is 13.8 Å².